The number of halogens is 3. The highest BCUT2D eigenvalue weighted by atomic mass is 35.5. The molecule has 2 N–H and O–H groups in total. The van der Waals surface area contributed by atoms with Crippen LogP contribution in [0.5, 0.6) is 0 Å². The molecular weight excluding hydrogens is 514 g/mol. The van der Waals surface area contributed by atoms with Crippen molar-refractivity contribution >= 4 is 52.0 Å². The molecule has 0 bridgehead atoms. The summed E-state index contributed by atoms with van der Waals surface area (Å²) in [5, 5.41) is 5.43. The van der Waals surface area contributed by atoms with Crippen LogP contribution in [0, 0.1) is 5.92 Å². The van der Waals surface area contributed by atoms with Crippen molar-refractivity contribution in [3.63, 3.8) is 0 Å². The zero-order valence-electron chi connectivity index (χ0n) is 20.0. The number of alkyl halides is 2. The molecule has 0 unspecified atom stereocenters. The normalized spacial score (nSPS) is 15.0. The number of ether oxygens (including phenoxy) is 1. The first-order chi connectivity index (χ1) is 17.1. The van der Waals surface area contributed by atoms with Crippen molar-refractivity contribution in [3.05, 3.63) is 45.6 Å². The Hall–Kier alpha value is -2.60. The minimum Gasteiger partial charge on any atom is -0.370 e. The maximum absolute atomic E-state index is 13.4. The molecule has 1 aliphatic heterocycles. The number of benzene rings is 1. The highest BCUT2D eigenvalue weighted by Crippen LogP contribution is 2.22. The fourth-order valence-electron chi connectivity index (χ4n) is 3.82. The van der Waals surface area contributed by atoms with E-state index in [-0.39, 0.29) is 31.5 Å². The van der Waals surface area contributed by atoms with Crippen molar-refractivity contribution in [1.82, 2.24) is 10.2 Å². The van der Waals surface area contributed by atoms with Crippen LogP contribution in [0.25, 0.3) is 0 Å². The molecule has 12 heteroatoms. The van der Waals surface area contributed by atoms with E-state index >= 15 is 0 Å². The second-order valence-electron chi connectivity index (χ2n) is 8.70. The topological polar surface area (TPSA) is 91.0 Å². The van der Waals surface area contributed by atoms with Gasteiger partial charge in [-0.25, -0.2) is 8.78 Å². The molecular formula is C24H29ClF2N4O4S. The van der Waals surface area contributed by atoms with Gasteiger partial charge >= 0.3 is 0 Å². The number of hydrogen-bond acceptors (Lipinski definition) is 6. The number of carbonyl (C=O) groups excluding carboxylic acids is 3. The zero-order chi connectivity index (χ0) is 26.2. The molecule has 1 aromatic heterocycles. The van der Waals surface area contributed by atoms with E-state index in [0.29, 0.717) is 33.7 Å². The van der Waals surface area contributed by atoms with Crippen molar-refractivity contribution in [2.24, 2.45) is 5.92 Å². The first-order valence-electron chi connectivity index (χ1n) is 11.5. The lowest BCUT2D eigenvalue weighted by molar-refractivity contribution is -0.125. The molecule has 8 nitrogen and oxygen atoms in total. The van der Waals surface area contributed by atoms with E-state index in [0.717, 1.165) is 11.3 Å². The second kappa shape index (κ2) is 13.1. The zero-order valence-corrected chi connectivity index (χ0v) is 21.6. The molecule has 1 atom stereocenters. The number of amides is 3. The lowest BCUT2D eigenvalue weighted by Gasteiger charge is -2.32. The van der Waals surface area contributed by atoms with Gasteiger partial charge in [0, 0.05) is 31.0 Å². The van der Waals surface area contributed by atoms with Gasteiger partial charge in [-0.3, -0.25) is 19.3 Å². The Morgan fingerprint density at radius 2 is 1.89 bits per heavy atom. The van der Waals surface area contributed by atoms with E-state index < -0.39 is 30.8 Å². The molecule has 1 fully saturated rings. The number of rotatable bonds is 11. The van der Waals surface area contributed by atoms with E-state index in [1.54, 1.807) is 41.3 Å². The molecule has 0 spiro atoms. The third-order valence-corrected chi connectivity index (χ3v) is 6.63. The van der Waals surface area contributed by atoms with Gasteiger partial charge in [0.05, 0.1) is 22.4 Å². The van der Waals surface area contributed by atoms with Crippen molar-refractivity contribution in [2.75, 3.05) is 49.6 Å². The quantitative estimate of drug-likeness (QED) is 0.451. The van der Waals surface area contributed by atoms with Crippen LogP contribution in [0.1, 0.15) is 23.5 Å². The Kier molecular flexibility index (Phi) is 10.2. The summed E-state index contributed by atoms with van der Waals surface area (Å²) in [6, 6.07) is 8.77. The number of thiophene rings is 1. The fraction of sp³-hybridized carbons (Fsp3) is 0.458. The summed E-state index contributed by atoms with van der Waals surface area (Å²) in [7, 11) is 0. The largest absolute Gasteiger partial charge is 0.370 e. The molecule has 0 radical (unpaired) electrons. The van der Waals surface area contributed by atoms with E-state index in [1.807, 2.05) is 13.8 Å². The number of nitrogens with one attached hydrogen (secondary N) is 2. The highest BCUT2D eigenvalue weighted by molar-refractivity contribution is 7.18. The predicted molar refractivity (Wildman–Crippen MR) is 136 cm³/mol. The van der Waals surface area contributed by atoms with Gasteiger partial charge in [-0.15, -0.1) is 11.3 Å². The van der Waals surface area contributed by atoms with Crippen LogP contribution < -0.4 is 15.5 Å². The van der Waals surface area contributed by atoms with Gasteiger partial charge in [0.25, 0.3) is 18.2 Å². The predicted octanol–water partition coefficient (Wildman–Crippen LogP) is 3.72. The average Bonchev–Trinajstić information content (AvgIpc) is 3.25. The molecule has 3 rings (SSSR count). The van der Waals surface area contributed by atoms with E-state index in [9.17, 15) is 23.2 Å². The van der Waals surface area contributed by atoms with Gasteiger partial charge < -0.3 is 20.3 Å². The summed E-state index contributed by atoms with van der Waals surface area (Å²) in [6.07, 6.45) is -2.66. The summed E-state index contributed by atoms with van der Waals surface area (Å²) in [4.78, 5) is 41.2. The maximum atomic E-state index is 13.4. The first-order valence-corrected chi connectivity index (χ1v) is 12.7. The number of hydrogen-bond donors (Lipinski definition) is 2. The van der Waals surface area contributed by atoms with Crippen LogP contribution in [-0.2, 0) is 14.3 Å². The van der Waals surface area contributed by atoms with Gasteiger partial charge in [0.15, 0.2) is 0 Å². The summed E-state index contributed by atoms with van der Waals surface area (Å²) >= 11 is 6.98. The minimum atomic E-state index is -2.66. The fourth-order valence-corrected chi connectivity index (χ4v) is 4.78. The molecule has 36 heavy (non-hydrogen) atoms. The molecule has 1 aromatic carbocycles. The third-order valence-electron chi connectivity index (χ3n) is 5.40. The van der Waals surface area contributed by atoms with E-state index in [4.69, 9.17) is 16.3 Å². The van der Waals surface area contributed by atoms with Gasteiger partial charge in [-0.1, -0.05) is 25.4 Å². The lowest BCUT2D eigenvalue weighted by Crippen LogP contribution is -2.53. The number of nitrogens with zero attached hydrogens (tertiary/aromatic N) is 2. The van der Waals surface area contributed by atoms with Gasteiger partial charge in [0.2, 0.25) is 5.91 Å². The average molecular weight is 543 g/mol. The van der Waals surface area contributed by atoms with Crippen LogP contribution in [-0.4, -0.2) is 74.5 Å². The number of morpholine rings is 1. The summed E-state index contributed by atoms with van der Waals surface area (Å²) in [5.74, 6) is -1.12. The number of carbonyl (C=O) groups is 3. The smallest absolute Gasteiger partial charge is 0.261 e. The van der Waals surface area contributed by atoms with Crippen molar-refractivity contribution in [1.29, 1.82) is 0 Å². The molecule has 0 aliphatic carbocycles. The van der Waals surface area contributed by atoms with Crippen molar-refractivity contribution < 1.29 is 27.9 Å². The van der Waals surface area contributed by atoms with E-state index in [2.05, 4.69) is 10.6 Å². The third kappa shape index (κ3) is 7.95. The van der Waals surface area contributed by atoms with Crippen LogP contribution in [0.2, 0.25) is 4.34 Å². The molecule has 1 aliphatic rings. The summed E-state index contributed by atoms with van der Waals surface area (Å²) < 4.78 is 32.4. The molecule has 196 valence electrons. The van der Waals surface area contributed by atoms with Crippen LogP contribution in [0.15, 0.2) is 36.4 Å². The van der Waals surface area contributed by atoms with Gasteiger partial charge in [-0.2, -0.15) is 0 Å². The Bertz CT molecular complexity index is 1040. The van der Waals surface area contributed by atoms with Gasteiger partial charge in [-0.05, 0) is 42.3 Å². The van der Waals surface area contributed by atoms with Crippen molar-refractivity contribution in [3.8, 4) is 0 Å². The van der Waals surface area contributed by atoms with Crippen LogP contribution in [0.3, 0.4) is 0 Å². The van der Waals surface area contributed by atoms with Gasteiger partial charge in [0.1, 0.15) is 12.6 Å². The number of anilines is 2. The molecule has 1 saturated heterocycles. The summed E-state index contributed by atoms with van der Waals surface area (Å²) in [6.45, 7) is 4.07. The molecule has 2 aromatic rings. The first kappa shape index (κ1) is 28.0. The lowest BCUT2D eigenvalue weighted by atomic mass is 10.1. The summed E-state index contributed by atoms with van der Waals surface area (Å²) in [5.41, 5.74) is 1.10. The highest BCUT2D eigenvalue weighted by Gasteiger charge is 2.30. The Morgan fingerprint density at radius 3 is 2.47 bits per heavy atom. The Labute approximate surface area is 217 Å². The standard InChI is InChI=1S/C24H29ClF2N4O4S/c1-15(2)12-30(13-21(26)27)18(11-28-24(34)19-7-8-20(25)36-19)23(33)29-16-3-5-17(6-4-16)31-9-10-35-14-22(31)32/h3-8,15,18,21H,9-14H2,1-2H3,(H,28,34)(H,29,33)/t18-/m1/s1. The SMILES string of the molecule is CC(C)CN(CC(F)F)[C@H](CNC(=O)c1ccc(Cl)s1)C(=O)Nc1ccc(N2CCOCC2=O)cc1. The van der Waals surface area contributed by atoms with Crippen LogP contribution in [0.4, 0.5) is 20.2 Å². The van der Waals surface area contributed by atoms with Crippen molar-refractivity contribution in [2.45, 2.75) is 26.3 Å². The maximum Gasteiger partial charge on any atom is 0.261 e. The Balaban J connectivity index is 1.74. The van der Waals surface area contributed by atoms with E-state index in [1.165, 1.54) is 4.90 Å². The Morgan fingerprint density at radius 1 is 1.17 bits per heavy atom. The second-order valence-corrected chi connectivity index (χ2v) is 10.4. The molecule has 3 amide bonds. The monoisotopic (exact) mass is 542 g/mol. The van der Waals surface area contributed by atoms with Crippen LogP contribution >= 0.6 is 22.9 Å². The molecule has 2 heterocycles. The molecule has 0 saturated carbocycles. The minimum absolute atomic E-state index is 0.0104.